The van der Waals surface area contributed by atoms with Crippen molar-refractivity contribution < 1.29 is 14.3 Å². The summed E-state index contributed by atoms with van der Waals surface area (Å²) >= 11 is 1.82. The van der Waals surface area contributed by atoms with Gasteiger partial charge in [0.05, 0.1) is 12.3 Å². The van der Waals surface area contributed by atoms with E-state index in [-0.39, 0.29) is 11.7 Å². The number of hydrogen-bond acceptors (Lipinski definition) is 4. The molecule has 1 heterocycles. The van der Waals surface area contributed by atoms with Crippen molar-refractivity contribution >= 4 is 29.1 Å². The largest absolute Gasteiger partial charge is 0.494 e. The van der Waals surface area contributed by atoms with Gasteiger partial charge in [0, 0.05) is 23.4 Å². The van der Waals surface area contributed by atoms with Gasteiger partial charge in [0.25, 0.3) is 0 Å². The fourth-order valence-electron chi connectivity index (χ4n) is 2.92. The first-order valence-corrected chi connectivity index (χ1v) is 9.90. The van der Waals surface area contributed by atoms with Crippen molar-refractivity contribution in [1.29, 1.82) is 0 Å². The smallest absolute Gasteiger partial charge is 0.227 e. The third-order valence-corrected chi connectivity index (χ3v) is 5.45. The van der Waals surface area contributed by atoms with Crippen LogP contribution in [0.5, 0.6) is 5.75 Å². The van der Waals surface area contributed by atoms with Crippen molar-refractivity contribution in [2.45, 2.75) is 31.1 Å². The SMILES string of the molecule is CC(=O)c1ccc(OCCCC(=O)N2CCCSc3ccccc32)cc1. The fourth-order valence-corrected chi connectivity index (χ4v) is 3.91. The van der Waals surface area contributed by atoms with E-state index >= 15 is 0 Å². The standard InChI is InChI=1S/C21H23NO3S/c1-16(23)17-9-11-18(12-10-17)25-14-4-8-21(24)22-13-5-15-26-20-7-3-2-6-19(20)22/h2-3,6-7,9-12H,4-5,8,13-15H2,1H3. The molecule has 0 aromatic heterocycles. The number of ether oxygens (including phenoxy) is 1. The van der Waals surface area contributed by atoms with Gasteiger partial charge in [-0.1, -0.05) is 12.1 Å². The minimum Gasteiger partial charge on any atom is -0.494 e. The van der Waals surface area contributed by atoms with Crippen LogP contribution in [0.25, 0.3) is 0 Å². The molecule has 0 fully saturated rings. The summed E-state index contributed by atoms with van der Waals surface area (Å²) in [5, 5.41) is 0. The Balaban J connectivity index is 1.50. The lowest BCUT2D eigenvalue weighted by Crippen LogP contribution is -2.31. The number of anilines is 1. The molecule has 1 aliphatic heterocycles. The number of ketones is 1. The van der Waals surface area contributed by atoms with Crippen molar-refractivity contribution in [2.75, 3.05) is 23.8 Å². The van der Waals surface area contributed by atoms with Crippen LogP contribution in [-0.4, -0.2) is 30.6 Å². The second kappa shape index (κ2) is 8.90. The van der Waals surface area contributed by atoms with Gasteiger partial charge in [-0.15, -0.1) is 11.8 Å². The lowest BCUT2D eigenvalue weighted by atomic mass is 10.1. The van der Waals surface area contributed by atoms with E-state index in [9.17, 15) is 9.59 Å². The van der Waals surface area contributed by atoms with E-state index in [1.54, 1.807) is 31.2 Å². The fraction of sp³-hybridized carbons (Fsp3) is 0.333. The Bertz CT molecular complexity index is 773. The molecule has 0 unspecified atom stereocenters. The number of rotatable bonds is 6. The molecule has 0 saturated carbocycles. The van der Waals surface area contributed by atoms with E-state index in [2.05, 4.69) is 6.07 Å². The molecule has 1 aliphatic rings. The second-order valence-corrected chi connectivity index (χ2v) is 7.38. The normalized spacial score (nSPS) is 13.7. The number of carbonyl (C=O) groups excluding carboxylic acids is 2. The summed E-state index contributed by atoms with van der Waals surface area (Å²) in [6, 6.07) is 15.2. The minimum atomic E-state index is 0.0399. The average molecular weight is 369 g/mol. The Morgan fingerprint density at radius 3 is 2.65 bits per heavy atom. The highest BCUT2D eigenvalue weighted by Crippen LogP contribution is 2.33. The van der Waals surface area contributed by atoms with Gasteiger partial charge in [0.15, 0.2) is 5.78 Å². The lowest BCUT2D eigenvalue weighted by Gasteiger charge is -2.22. The summed E-state index contributed by atoms with van der Waals surface area (Å²) in [4.78, 5) is 27.0. The molecule has 0 saturated heterocycles. The number of benzene rings is 2. The molecule has 0 spiro atoms. The summed E-state index contributed by atoms with van der Waals surface area (Å²) in [5.41, 5.74) is 1.70. The van der Waals surface area contributed by atoms with Gasteiger partial charge in [-0.25, -0.2) is 0 Å². The zero-order chi connectivity index (χ0) is 18.4. The van der Waals surface area contributed by atoms with Crippen molar-refractivity contribution in [3.8, 4) is 5.75 Å². The predicted molar refractivity (Wildman–Crippen MR) is 105 cm³/mol. The van der Waals surface area contributed by atoms with Crippen LogP contribution in [0.1, 0.15) is 36.5 Å². The van der Waals surface area contributed by atoms with E-state index in [1.807, 2.05) is 34.9 Å². The Morgan fingerprint density at radius 2 is 1.88 bits per heavy atom. The first-order valence-electron chi connectivity index (χ1n) is 8.91. The van der Waals surface area contributed by atoms with Crippen molar-refractivity contribution in [1.82, 2.24) is 0 Å². The van der Waals surface area contributed by atoms with Crippen LogP contribution in [0.4, 0.5) is 5.69 Å². The van der Waals surface area contributed by atoms with E-state index < -0.39 is 0 Å². The maximum atomic E-state index is 12.7. The molecule has 0 bridgehead atoms. The number of thioether (sulfide) groups is 1. The molecular weight excluding hydrogens is 346 g/mol. The van der Waals surface area contributed by atoms with Gasteiger partial charge in [0.1, 0.15) is 5.75 Å². The van der Waals surface area contributed by atoms with Gasteiger partial charge >= 0.3 is 0 Å². The summed E-state index contributed by atoms with van der Waals surface area (Å²) in [6.45, 7) is 2.80. The molecule has 5 heteroatoms. The summed E-state index contributed by atoms with van der Waals surface area (Å²) in [7, 11) is 0. The van der Waals surface area contributed by atoms with E-state index in [1.165, 1.54) is 4.90 Å². The zero-order valence-electron chi connectivity index (χ0n) is 14.9. The summed E-state index contributed by atoms with van der Waals surface area (Å²) in [6.07, 6.45) is 2.13. The molecule has 4 nitrogen and oxygen atoms in total. The number of para-hydroxylation sites is 1. The number of Topliss-reactive ketones (excluding diaryl/α,β-unsaturated/α-hetero) is 1. The molecule has 26 heavy (non-hydrogen) atoms. The second-order valence-electron chi connectivity index (χ2n) is 6.25. The van der Waals surface area contributed by atoms with Crippen LogP contribution in [0.2, 0.25) is 0 Å². The highest BCUT2D eigenvalue weighted by Gasteiger charge is 2.20. The maximum absolute atomic E-state index is 12.7. The van der Waals surface area contributed by atoms with Gasteiger partial charge in [0.2, 0.25) is 5.91 Å². The van der Waals surface area contributed by atoms with Gasteiger partial charge < -0.3 is 9.64 Å². The molecule has 3 rings (SSSR count). The third-order valence-electron chi connectivity index (χ3n) is 4.31. The first-order chi connectivity index (χ1) is 12.6. The van der Waals surface area contributed by atoms with Gasteiger partial charge in [-0.2, -0.15) is 0 Å². The van der Waals surface area contributed by atoms with Crippen molar-refractivity contribution in [2.24, 2.45) is 0 Å². The van der Waals surface area contributed by atoms with Crippen LogP contribution in [0.3, 0.4) is 0 Å². The molecule has 0 atom stereocenters. The predicted octanol–water partition coefficient (Wildman–Crippen LogP) is 4.58. The van der Waals surface area contributed by atoms with E-state index in [0.717, 1.165) is 30.2 Å². The first kappa shape index (κ1) is 18.5. The topological polar surface area (TPSA) is 46.6 Å². The Morgan fingerprint density at radius 1 is 1.12 bits per heavy atom. The van der Waals surface area contributed by atoms with Crippen molar-refractivity contribution in [3.63, 3.8) is 0 Å². The van der Waals surface area contributed by atoms with Crippen LogP contribution in [0.15, 0.2) is 53.4 Å². The van der Waals surface area contributed by atoms with Crippen LogP contribution < -0.4 is 9.64 Å². The van der Waals surface area contributed by atoms with Crippen LogP contribution in [0, 0.1) is 0 Å². The molecular formula is C21H23NO3S. The van der Waals surface area contributed by atoms with Crippen LogP contribution in [-0.2, 0) is 4.79 Å². The minimum absolute atomic E-state index is 0.0399. The number of hydrogen-bond donors (Lipinski definition) is 0. The Hall–Kier alpha value is -2.27. The Kier molecular flexibility index (Phi) is 6.34. The highest BCUT2D eigenvalue weighted by atomic mass is 32.2. The van der Waals surface area contributed by atoms with E-state index in [0.29, 0.717) is 25.0 Å². The molecule has 0 N–H and O–H groups in total. The van der Waals surface area contributed by atoms with Crippen LogP contribution >= 0.6 is 11.8 Å². The molecule has 0 radical (unpaired) electrons. The number of fused-ring (bicyclic) bond motifs is 1. The lowest BCUT2D eigenvalue weighted by molar-refractivity contribution is -0.118. The molecule has 2 aromatic carbocycles. The van der Waals surface area contributed by atoms with Gasteiger partial charge in [-0.3, -0.25) is 9.59 Å². The summed E-state index contributed by atoms with van der Waals surface area (Å²) < 4.78 is 5.69. The third kappa shape index (κ3) is 4.67. The monoisotopic (exact) mass is 369 g/mol. The maximum Gasteiger partial charge on any atom is 0.227 e. The number of nitrogens with zero attached hydrogens (tertiary/aromatic N) is 1. The number of carbonyl (C=O) groups is 2. The Labute approximate surface area is 158 Å². The van der Waals surface area contributed by atoms with Crippen molar-refractivity contribution in [3.05, 3.63) is 54.1 Å². The van der Waals surface area contributed by atoms with E-state index in [4.69, 9.17) is 4.74 Å². The number of amides is 1. The average Bonchev–Trinajstić information content (AvgIpc) is 2.88. The molecule has 2 aromatic rings. The molecule has 0 aliphatic carbocycles. The van der Waals surface area contributed by atoms with Gasteiger partial charge in [-0.05, 0) is 61.9 Å². The molecule has 1 amide bonds. The highest BCUT2D eigenvalue weighted by molar-refractivity contribution is 7.99. The molecule has 136 valence electrons. The zero-order valence-corrected chi connectivity index (χ0v) is 15.8. The summed E-state index contributed by atoms with van der Waals surface area (Å²) in [5.74, 6) is 1.95. The quantitative estimate of drug-likeness (QED) is 0.552.